The molecule has 1 aromatic heterocycles. The van der Waals surface area contributed by atoms with Crippen LogP contribution in [0.3, 0.4) is 0 Å². The normalized spacial score (nSPS) is 11.7. The van der Waals surface area contributed by atoms with Crippen LogP contribution in [0.5, 0.6) is 0 Å². The van der Waals surface area contributed by atoms with Gasteiger partial charge in [-0.1, -0.05) is 17.7 Å². The van der Waals surface area contributed by atoms with Crippen molar-refractivity contribution in [3.05, 3.63) is 41.4 Å². The molecule has 0 unspecified atom stereocenters. The first-order chi connectivity index (χ1) is 8.92. The van der Waals surface area contributed by atoms with Crippen LogP contribution >= 0.6 is 11.6 Å². The van der Waals surface area contributed by atoms with Gasteiger partial charge in [0.25, 0.3) is 0 Å². The zero-order valence-corrected chi connectivity index (χ0v) is 11.9. The number of benzene rings is 1. The van der Waals surface area contributed by atoms with Crippen molar-refractivity contribution in [2.45, 2.75) is 18.4 Å². The Kier molecular flexibility index (Phi) is 3.82. The van der Waals surface area contributed by atoms with Crippen LogP contribution in [0.1, 0.15) is 5.82 Å². The number of sulfone groups is 1. The van der Waals surface area contributed by atoms with E-state index in [1.165, 1.54) is 12.1 Å². The van der Waals surface area contributed by atoms with Gasteiger partial charge in [0.15, 0.2) is 9.84 Å². The average molecular weight is 300 g/mol. The van der Waals surface area contributed by atoms with E-state index in [1.54, 1.807) is 23.0 Å². The Morgan fingerprint density at radius 2 is 2.16 bits per heavy atom. The fourth-order valence-corrected chi connectivity index (χ4v) is 3.78. The SMILES string of the molecule is Cc1nccn1CCS(=O)(=O)c1c(N)cccc1Cl. The molecule has 7 heteroatoms. The van der Waals surface area contributed by atoms with Gasteiger partial charge in [0.1, 0.15) is 10.7 Å². The van der Waals surface area contributed by atoms with Crippen LogP contribution in [0, 0.1) is 6.92 Å². The highest BCUT2D eigenvalue weighted by Crippen LogP contribution is 2.28. The third-order valence-corrected chi connectivity index (χ3v) is 5.06. The fourth-order valence-electron chi connectivity index (χ4n) is 1.81. The number of hydrogen-bond donors (Lipinski definition) is 1. The number of imidazole rings is 1. The third-order valence-electron chi connectivity index (χ3n) is 2.83. The fraction of sp³-hybridized carbons (Fsp3) is 0.250. The molecule has 0 saturated heterocycles. The number of halogens is 1. The number of rotatable bonds is 4. The van der Waals surface area contributed by atoms with Gasteiger partial charge in [-0.05, 0) is 19.1 Å². The Bertz CT molecular complexity index is 675. The summed E-state index contributed by atoms with van der Waals surface area (Å²) < 4.78 is 26.3. The summed E-state index contributed by atoms with van der Waals surface area (Å²) >= 11 is 5.93. The Labute approximate surface area is 116 Å². The molecule has 1 aromatic carbocycles. The molecular formula is C12H14ClN3O2S. The van der Waals surface area contributed by atoms with Gasteiger partial charge in [-0.15, -0.1) is 0 Å². The summed E-state index contributed by atoms with van der Waals surface area (Å²) in [5.41, 5.74) is 5.88. The van der Waals surface area contributed by atoms with Crippen LogP contribution in [0.4, 0.5) is 5.69 Å². The number of nitrogens with two attached hydrogens (primary N) is 1. The van der Waals surface area contributed by atoms with Crippen molar-refractivity contribution in [1.29, 1.82) is 0 Å². The van der Waals surface area contributed by atoms with Gasteiger partial charge in [0, 0.05) is 18.9 Å². The van der Waals surface area contributed by atoms with Crippen molar-refractivity contribution in [3.8, 4) is 0 Å². The second-order valence-electron chi connectivity index (χ2n) is 4.14. The van der Waals surface area contributed by atoms with Gasteiger partial charge in [-0.25, -0.2) is 13.4 Å². The molecule has 0 aliphatic rings. The van der Waals surface area contributed by atoms with E-state index in [2.05, 4.69) is 4.98 Å². The molecule has 0 spiro atoms. The van der Waals surface area contributed by atoms with Crippen LogP contribution in [0.2, 0.25) is 5.02 Å². The molecule has 0 amide bonds. The van der Waals surface area contributed by atoms with Crippen LogP contribution in [0.15, 0.2) is 35.5 Å². The van der Waals surface area contributed by atoms with Gasteiger partial charge in [-0.3, -0.25) is 0 Å². The zero-order valence-electron chi connectivity index (χ0n) is 10.4. The minimum absolute atomic E-state index is 0.00874. The lowest BCUT2D eigenvalue weighted by molar-refractivity contribution is 0.588. The molecule has 1 heterocycles. The van der Waals surface area contributed by atoms with E-state index in [1.807, 2.05) is 6.92 Å². The van der Waals surface area contributed by atoms with Gasteiger partial charge in [-0.2, -0.15) is 0 Å². The van der Waals surface area contributed by atoms with Crippen molar-refractivity contribution in [1.82, 2.24) is 9.55 Å². The summed E-state index contributed by atoms with van der Waals surface area (Å²) in [5, 5.41) is 0.155. The number of nitrogen functional groups attached to an aromatic ring is 1. The lowest BCUT2D eigenvalue weighted by atomic mass is 10.3. The van der Waals surface area contributed by atoms with Crippen molar-refractivity contribution in [2.75, 3.05) is 11.5 Å². The van der Waals surface area contributed by atoms with Crippen LogP contribution in [-0.2, 0) is 16.4 Å². The molecule has 0 radical (unpaired) electrons. The first kappa shape index (κ1) is 13.9. The predicted molar refractivity (Wildman–Crippen MR) is 74.9 cm³/mol. The Hall–Kier alpha value is -1.53. The zero-order chi connectivity index (χ0) is 14.0. The summed E-state index contributed by atoms with van der Waals surface area (Å²) in [4.78, 5) is 4.05. The monoisotopic (exact) mass is 299 g/mol. The maximum absolute atomic E-state index is 12.3. The van der Waals surface area contributed by atoms with Crippen LogP contribution < -0.4 is 5.73 Å². The maximum atomic E-state index is 12.3. The summed E-state index contributed by atoms with van der Waals surface area (Å²) in [6.07, 6.45) is 3.37. The van der Waals surface area contributed by atoms with Gasteiger partial charge >= 0.3 is 0 Å². The minimum atomic E-state index is -3.52. The van der Waals surface area contributed by atoms with E-state index in [-0.39, 0.29) is 21.4 Å². The van der Waals surface area contributed by atoms with Gasteiger partial charge in [0.2, 0.25) is 0 Å². The highest BCUT2D eigenvalue weighted by Gasteiger charge is 2.21. The van der Waals surface area contributed by atoms with E-state index in [0.717, 1.165) is 5.82 Å². The Morgan fingerprint density at radius 1 is 1.42 bits per heavy atom. The van der Waals surface area contributed by atoms with Crippen molar-refractivity contribution < 1.29 is 8.42 Å². The standard InChI is InChI=1S/C12H14ClN3O2S/c1-9-15-5-6-16(9)7-8-19(17,18)12-10(13)3-2-4-11(12)14/h2-6H,7-8,14H2,1H3. The maximum Gasteiger partial charge on any atom is 0.183 e. The lowest BCUT2D eigenvalue weighted by Crippen LogP contribution is -2.15. The molecule has 2 N–H and O–H groups in total. The number of anilines is 1. The average Bonchev–Trinajstić information content (AvgIpc) is 2.72. The second kappa shape index (κ2) is 5.22. The molecule has 2 rings (SSSR count). The molecule has 102 valence electrons. The largest absolute Gasteiger partial charge is 0.398 e. The molecule has 0 fully saturated rings. The molecule has 2 aromatic rings. The number of nitrogens with zero attached hydrogens (tertiary/aromatic N) is 2. The van der Waals surface area contributed by atoms with E-state index in [4.69, 9.17) is 17.3 Å². The van der Waals surface area contributed by atoms with Crippen LogP contribution in [0.25, 0.3) is 0 Å². The Morgan fingerprint density at radius 3 is 2.74 bits per heavy atom. The minimum Gasteiger partial charge on any atom is -0.398 e. The third kappa shape index (κ3) is 2.90. The molecule has 0 bridgehead atoms. The first-order valence-electron chi connectivity index (χ1n) is 5.66. The summed E-state index contributed by atoms with van der Waals surface area (Å²) in [6.45, 7) is 2.13. The van der Waals surface area contributed by atoms with Crippen molar-refractivity contribution in [3.63, 3.8) is 0 Å². The number of hydrogen-bond acceptors (Lipinski definition) is 4. The van der Waals surface area contributed by atoms with E-state index in [9.17, 15) is 8.42 Å². The number of aryl methyl sites for hydroxylation is 2. The number of aromatic nitrogens is 2. The second-order valence-corrected chi connectivity index (χ2v) is 6.60. The van der Waals surface area contributed by atoms with Crippen LogP contribution in [-0.4, -0.2) is 23.7 Å². The van der Waals surface area contributed by atoms with Crippen molar-refractivity contribution >= 4 is 27.1 Å². The smallest absolute Gasteiger partial charge is 0.183 e. The molecule has 0 atom stereocenters. The predicted octanol–water partition coefficient (Wildman–Crippen LogP) is 1.90. The summed E-state index contributed by atoms with van der Waals surface area (Å²) in [6, 6.07) is 4.67. The highest BCUT2D eigenvalue weighted by atomic mass is 35.5. The molecule has 0 aliphatic carbocycles. The Balaban J connectivity index is 2.26. The van der Waals surface area contributed by atoms with Crippen molar-refractivity contribution in [2.24, 2.45) is 0 Å². The molecule has 0 aliphatic heterocycles. The first-order valence-corrected chi connectivity index (χ1v) is 7.69. The summed E-state index contributed by atoms with van der Waals surface area (Å²) in [5.74, 6) is 0.695. The molecule has 5 nitrogen and oxygen atoms in total. The van der Waals surface area contributed by atoms with Gasteiger partial charge < -0.3 is 10.3 Å². The highest BCUT2D eigenvalue weighted by molar-refractivity contribution is 7.91. The van der Waals surface area contributed by atoms with E-state index >= 15 is 0 Å². The topological polar surface area (TPSA) is 78.0 Å². The molecule has 0 saturated carbocycles. The molecular weight excluding hydrogens is 286 g/mol. The van der Waals surface area contributed by atoms with E-state index < -0.39 is 9.84 Å². The summed E-state index contributed by atoms with van der Waals surface area (Å²) in [7, 11) is -3.52. The lowest BCUT2D eigenvalue weighted by Gasteiger charge is -2.10. The van der Waals surface area contributed by atoms with Gasteiger partial charge in [0.05, 0.1) is 16.5 Å². The van der Waals surface area contributed by atoms with E-state index in [0.29, 0.717) is 6.54 Å². The quantitative estimate of drug-likeness (QED) is 0.875. The molecule has 19 heavy (non-hydrogen) atoms.